The van der Waals surface area contributed by atoms with Crippen molar-refractivity contribution in [1.29, 1.82) is 0 Å². The smallest absolute Gasteiger partial charge is 0.475 e. The quantitative estimate of drug-likeness (QED) is 0.523. The van der Waals surface area contributed by atoms with Crippen molar-refractivity contribution in [2.75, 3.05) is 30.2 Å². The maximum Gasteiger partial charge on any atom is 0.490 e. The minimum absolute atomic E-state index is 0.0472. The molecule has 1 aromatic heterocycles. The number of carboxylic acids is 2. The summed E-state index contributed by atoms with van der Waals surface area (Å²) in [6, 6.07) is 12.1. The van der Waals surface area contributed by atoms with E-state index in [0.29, 0.717) is 6.54 Å². The molecule has 2 aromatic rings. The molecular weight excluding hydrogens is 560 g/mol. The van der Waals surface area contributed by atoms with E-state index < -0.39 is 34.3 Å². The number of aliphatic carboxylic acids is 2. The zero-order valence-corrected chi connectivity index (χ0v) is 21.2. The lowest BCUT2D eigenvalue weighted by atomic mass is 9.74. The van der Waals surface area contributed by atoms with Crippen molar-refractivity contribution in [3.05, 3.63) is 59.9 Å². The second-order valence-corrected chi connectivity index (χ2v) is 10.7. The summed E-state index contributed by atoms with van der Waals surface area (Å²) in [5, 5.41) is 14.2. The van der Waals surface area contributed by atoms with Gasteiger partial charge >= 0.3 is 24.3 Å². The van der Waals surface area contributed by atoms with Crippen molar-refractivity contribution in [2.45, 2.75) is 37.2 Å². The summed E-state index contributed by atoms with van der Waals surface area (Å²) in [4.78, 5) is 24.3. The van der Waals surface area contributed by atoms with Crippen LogP contribution >= 0.6 is 0 Å². The Balaban J connectivity index is 0.000000317. The fourth-order valence-corrected chi connectivity index (χ4v) is 5.19. The Bertz CT molecular complexity index is 1220. The van der Waals surface area contributed by atoms with E-state index in [4.69, 9.17) is 19.8 Å². The molecule has 0 amide bonds. The topological polar surface area (TPSA) is 128 Å². The van der Waals surface area contributed by atoms with Gasteiger partial charge in [0.1, 0.15) is 0 Å². The average molecular weight is 586 g/mol. The molecular formula is C23H25F6N3O6S. The molecule has 1 fully saturated rings. The highest BCUT2D eigenvalue weighted by Crippen LogP contribution is 2.47. The molecule has 1 spiro atoms. The van der Waals surface area contributed by atoms with Crippen LogP contribution in [0, 0.1) is 0 Å². The number of nitrogens with zero attached hydrogens (tertiary/aromatic N) is 3. The molecule has 2 N–H and O–H groups in total. The van der Waals surface area contributed by atoms with Gasteiger partial charge in [-0.25, -0.2) is 18.0 Å². The summed E-state index contributed by atoms with van der Waals surface area (Å²) in [6.07, 6.45) is -3.22. The Hall–Kier alpha value is -3.40. The van der Waals surface area contributed by atoms with E-state index >= 15 is 0 Å². The van der Waals surface area contributed by atoms with Crippen LogP contribution in [0.2, 0.25) is 0 Å². The van der Waals surface area contributed by atoms with E-state index in [1.54, 1.807) is 4.31 Å². The van der Waals surface area contributed by atoms with Crippen LogP contribution in [0.25, 0.3) is 0 Å². The number of benzene rings is 1. The van der Waals surface area contributed by atoms with Crippen LogP contribution in [0.3, 0.4) is 0 Å². The Morgan fingerprint density at radius 2 is 1.38 bits per heavy atom. The van der Waals surface area contributed by atoms with E-state index in [-0.39, 0.29) is 5.41 Å². The van der Waals surface area contributed by atoms with Crippen molar-refractivity contribution in [1.82, 2.24) is 9.88 Å². The standard InChI is InChI=1S/C19H23N3O2S.2C2HF3O2/c1-25(23,24)22-15-19(17-4-2-3-5-18(17)22)8-12-21(13-9-19)14-16-6-10-20-11-7-16;2*3-2(4,5)1(6)7/h2-7,10-11H,8-9,12-15H2,1H3;2*(H,6,7). The van der Waals surface area contributed by atoms with Gasteiger partial charge in [-0.3, -0.25) is 14.2 Å². The monoisotopic (exact) mass is 585 g/mol. The molecule has 4 rings (SSSR count). The molecule has 16 heteroatoms. The van der Waals surface area contributed by atoms with Crippen molar-refractivity contribution >= 4 is 27.6 Å². The molecule has 2 aliphatic rings. The summed E-state index contributed by atoms with van der Waals surface area (Å²) in [6.45, 7) is 3.47. The number of para-hydroxylation sites is 1. The third kappa shape index (κ3) is 8.81. The van der Waals surface area contributed by atoms with Crippen molar-refractivity contribution in [3.8, 4) is 0 Å². The predicted molar refractivity (Wildman–Crippen MR) is 126 cm³/mol. The van der Waals surface area contributed by atoms with E-state index in [2.05, 4.69) is 28.1 Å². The molecule has 0 atom stereocenters. The fourth-order valence-electron chi connectivity index (χ4n) is 4.19. The van der Waals surface area contributed by atoms with Crippen LogP contribution in [0.15, 0.2) is 48.8 Å². The second-order valence-electron chi connectivity index (χ2n) is 8.80. The summed E-state index contributed by atoms with van der Waals surface area (Å²) in [7, 11) is -3.24. The van der Waals surface area contributed by atoms with Gasteiger partial charge in [0.25, 0.3) is 0 Å². The first kappa shape index (κ1) is 31.8. The molecule has 2 aliphatic heterocycles. The number of hydrogen-bond donors (Lipinski definition) is 2. The zero-order chi connectivity index (χ0) is 29.6. The number of sulfonamides is 1. The van der Waals surface area contributed by atoms with E-state index in [9.17, 15) is 34.8 Å². The number of carbonyl (C=O) groups is 2. The van der Waals surface area contributed by atoms with Crippen LogP contribution in [0.5, 0.6) is 0 Å². The lowest BCUT2D eigenvalue weighted by Crippen LogP contribution is -2.45. The number of likely N-dealkylation sites (tertiary alicyclic amines) is 1. The first-order valence-corrected chi connectivity index (χ1v) is 13.0. The lowest BCUT2D eigenvalue weighted by molar-refractivity contribution is -0.193. The van der Waals surface area contributed by atoms with Gasteiger partial charge in [-0.15, -0.1) is 0 Å². The highest BCUT2D eigenvalue weighted by molar-refractivity contribution is 7.92. The minimum atomic E-state index is -5.08. The molecule has 0 unspecified atom stereocenters. The Kier molecular flexibility index (Phi) is 9.95. The van der Waals surface area contributed by atoms with Gasteiger partial charge in [0.15, 0.2) is 0 Å². The average Bonchev–Trinajstić information content (AvgIpc) is 3.16. The molecule has 9 nitrogen and oxygen atoms in total. The third-order valence-electron chi connectivity index (χ3n) is 6.04. The number of carboxylic acid groups (broad SMARTS) is 2. The van der Waals surface area contributed by atoms with Crippen molar-refractivity contribution in [3.63, 3.8) is 0 Å². The number of anilines is 1. The van der Waals surface area contributed by atoms with Gasteiger partial charge < -0.3 is 10.2 Å². The van der Waals surface area contributed by atoms with Gasteiger partial charge in [-0.2, -0.15) is 26.3 Å². The normalized spacial score (nSPS) is 16.8. The number of fused-ring (bicyclic) bond motifs is 2. The number of rotatable bonds is 3. The van der Waals surface area contributed by atoms with Crippen LogP contribution in [-0.2, 0) is 31.6 Å². The Morgan fingerprint density at radius 3 is 1.82 bits per heavy atom. The van der Waals surface area contributed by atoms with Gasteiger partial charge in [0.05, 0.1) is 11.9 Å². The first-order chi connectivity index (χ1) is 17.9. The highest BCUT2D eigenvalue weighted by Gasteiger charge is 2.46. The van der Waals surface area contributed by atoms with E-state index in [1.165, 1.54) is 17.4 Å². The summed E-state index contributed by atoms with van der Waals surface area (Å²) in [5.41, 5.74) is 3.29. The van der Waals surface area contributed by atoms with E-state index in [1.807, 2.05) is 30.6 Å². The van der Waals surface area contributed by atoms with Crippen LogP contribution < -0.4 is 4.31 Å². The van der Waals surface area contributed by atoms with Crippen molar-refractivity contribution in [2.24, 2.45) is 0 Å². The number of halogens is 6. The molecule has 3 heterocycles. The fraction of sp³-hybridized carbons (Fsp3) is 0.435. The van der Waals surface area contributed by atoms with Gasteiger partial charge in [-0.05, 0) is 55.3 Å². The molecule has 0 aliphatic carbocycles. The lowest BCUT2D eigenvalue weighted by Gasteiger charge is -2.39. The van der Waals surface area contributed by atoms with Crippen LogP contribution in [0.1, 0.15) is 24.0 Å². The molecule has 216 valence electrons. The summed E-state index contributed by atoms with van der Waals surface area (Å²) in [5.74, 6) is -5.51. The van der Waals surface area contributed by atoms with Gasteiger partial charge in [0, 0.05) is 30.9 Å². The SMILES string of the molecule is CS(=O)(=O)N1CC2(CCN(Cc3ccncc3)CC2)c2ccccc21.O=C(O)C(F)(F)F.O=C(O)C(F)(F)F. The summed E-state index contributed by atoms with van der Waals surface area (Å²) >= 11 is 0. The second kappa shape index (κ2) is 12.2. The zero-order valence-electron chi connectivity index (χ0n) is 20.4. The maximum atomic E-state index is 12.2. The molecule has 0 saturated carbocycles. The molecule has 1 aromatic carbocycles. The molecule has 0 radical (unpaired) electrons. The first-order valence-electron chi connectivity index (χ1n) is 11.2. The third-order valence-corrected chi connectivity index (χ3v) is 7.17. The number of aromatic nitrogens is 1. The minimum Gasteiger partial charge on any atom is -0.475 e. The van der Waals surface area contributed by atoms with Crippen molar-refractivity contribution < 1.29 is 54.6 Å². The van der Waals surface area contributed by atoms with Crippen LogP contribution in [0.4, 0.5) is 32.0 Å². The maximum absolute atomic E-state index is 12.2. The highest BCUT2D eigenvalue weighted by atomic mass is 32.2. The Labute approximate surface area is 219 Å². The molecule has 0 bridgehead atoms. The van der Waals surface area contributed by atoms with Gasteiger partial charge in [-0.1, -0.05) is 18.2 Å². The number of alkyl halides is 6. The number of pyridine rings is 1. The number of hydrogen-bond acceptors (Lipinski definition) is 6. The van der Waals surface area contributed by atoms with Crippen LogP contribution in [-0.4, -0.2) is 78.7 Å². The largest absolute Gasteiger partial charge is 0.490 e. The predicted octanol–water partition coefficient (Wildman–Crippen LogP) is 3.66. The number of piperidine rings is 1. The molecule has 39 heavy (non-hydrogen) atoms. The van der Waals surface area contributed by atoms with E-state index in [0.717, 1.165) is 38.2 Å². The van der Waals surface area contributed by atoms with Gasteiger partial charge in [0.2, 0.25) is 10.0 Å². The Morgan fingerprint density at radius 1 is 0.923 bits per heavy atom. The molecule has 1 saturated heterocycles. The summed E-state index contributed by atoms with van der Waals surface area (Å²) < 4.78 is 89.5.